The molecule has 0 aliphatic rings. The second-order valence-electron chi connectivity index (χ2n) is 7.93. The Hall–Kier alpha value is -2.75. The van der Waals surface area contributed by atoms with Crippen LogP contribution in [0.15, 0.2) is 57.8 Å². The van der Waals surface area contributed by atoms with Crippen LogP contribution in [0.2, 0.25) is 0 Å². The van der Waals surface area contributed by atoms with E-state index in [-0.39, 0.29) is 16.9 Å². The van der Waals surface area contributed by atoms with Gasteiger partial charge in [-0.1, -0.05) is 73.1 Å². The predicted octanol–water partition coefficient (Wildman–Crippen LogP) is 4.09. The average molecular weight is 481 g/mol. The molecule has 0 bridgehead atoms. The summed E-state index contributed by atoms with van der Waals surface area (Å²) < 4.78 is 3.16. The Kier molecular flexibility index (Phi) is 6.25. The number of nitrogens with zero attached hydrogens (tertiary/aromatic N) is 2. The van der Waals surface area contributed by atoms with E-state index in [2.05, 4.69) is 22.0 Å². The zero-order chi connectivity index (χ0) is 22.1. The van der Waals surface area contributed by atoms with Gasteiger partial charge in [0.25, 0.3) is 5.56 Å². The minimum absolute atomic E-state index is 0.000342. The van der Waals surface area contributed by atoms with Crippen molar-refractivity contribution < 1.29 is 4.79 Å². The van der Waals surface area contributed by atoms with Gasteiger partial charge in [-0.2, -0.15) is 5.26 Å². The van der Waals surface area contributed by atoms with Crippen LogP contribution in [0, 0.1) is 23.7 Å². The summed E-state index contributed by atoms with van der Waals surface area (Å²) in [6, 6.07) is 17.1. The van der Waals surface area contributed by atoms with Crippen molar-refractivity contribution in [2.24, 2.45) is 5.41 Å². The highest BCUT2D eigenvalue weighted by Gasteiger charge is 2.27. The number of halogens is 1. The highest BCUT2D eigenvalue weighted by Crippen LogP contribution is 2.20. The summed E-state index contributed by atoms with van der Waals surface area (Å²) in [7, 11) is 0. The molecule has 4 nitrogen and oxygen atoms in total. The second-order valence-corrected chi connectivity index (χ2v) is 9.82. The van der Waals surface area contributed by atoms with Gasteiger partial charge in [0.15, 0.2) is 5.78 Å². The lowest BCUT2D eigenvalue weighted by atomic mass is 9.87. The zero-order valence-corrected chi connectivity index (χ0v) is 19.6. The minimum Gasteiger partial charge on any atom is -0.293 e. The van der Waals surface area contributed by atoms with E-state index in [1.165, 1.54) is 4.57 Å². The maximum atomic E-state index is 13.4. The van der Waals surface area contributed by atoms with Gasteiger partial charge in [0.05, 0.1) is 10.2 Å². The molecular formula is C24H21BrN2O2S. The van der Waals surface area contributed by atoms with Crippen LogP contribution in [0.3, 0.4) is 0 Å². The molecule has 3 rings (SSSR count). The lowest BCUT2D eigenvalue weighted by molar-refractivity contribution is -0.120. The van der Waals surface area contributed by atoms with E-state index < -0.39 is 5.41 Å². The van der Waals surface area contributed by atoms with E-state index in [0.717, 1.165) is 26.9 Å². The molecule has 3 aromatic rings. The number of nitriles is 1. The molecule has 0 atom stereocenters. The van der Waals surface area contributed by atoms with Crippen molar-refractivity contribution in [3.8, 4) is 11.8 Å². The monoisotopic (exact) mass is 480 g/mol. The van der Waals surface area contributed by atoms with Gasteiger partial charge in [-0.25, -0.2) is 0 Å². The normalized spacial score (nSPS) is 13.1. The average Bonchev–Trinajstić information content (AvgIpc) is 3.00. The molecule has 0 unspecified atom stereocenters. The van der Waals surface area contributed by atoms with E-state index in [4.69, 9.17) is 0 Å². The number of aryl methyl sites for hydroxylation is 1. The fraction of sp³-hybridized carbons (Fsp3) is 0.208. The molecule has 0 N–H and O–H groups in total. The number of hydrogen-bond donors (Lipinski definition) is 0. The quantitative estimate of drug-likeness (QED) is 0.566. The van der Waals surface area contributed by atoms with Crippen LogP contribution in [-0.4, -0.2) is 10.4 Å². The highest BCUT2D eigenvalue weighted by molar-refractivity contribution is 9.10. The Morgan fingerprint density at radius 2 is 1.77 bits per heavy atom. The van der Waals surface area contributed by atoms with Crippen molar-refractivity contribution in [1.29, 1.82) is 5.26 Å². The molecule has 0 saturated carbocycles. The van der Waals surface area contributed by atoms with Crippen LogP contribution in [0.25, 0.3) is 17.3 Å². The number of ketones is 1. The Morgan fingerprint density at radius 3 is 2.37 bits per heavy atom. The molecule has 0 spiro atoms. The number of carbonyl (C=O) groups is 1. The van der Waals surface area contributed by atoms with E-state index in [1.807, 2.05) is 55.5 Å². The van der Waals surface area contributed by atoms with Gasteiger partial charge in [0.2, 0.25) is 0 Å². The van der Waals surface area contributed by atoms with Crippen molar-refractivity contribution in [2.75, 3.05) is 0 Å². The third-order valence-electron chi connectivity index (χ3n) is 4.61. The minimum atomic E-state index is -0.742. The number of aromatic nitrogens is 1. The molecule has 152 valence electrons. The van der Waals surface area contributed by atoms with E-state index in [9.17, 15) is 14.9 Å². The first-order valence-electron chi connectivity index (χ1n) is 9.38. The predicted molar refractivity (Wildman–Crippen MR) is 125 cm³/mol. The molecule has 6 heteroatoms. The Balaban J connectivity index is 2.50. The number of carbonyl (C=O) groups excluding carboxylic acids is 1. The Morgan fingerprint density at radius 1 is 1.13 bits per heavy atom. The van der Waals surface area contributed by atoms with Crippen molar-refractivity contribution >= 4 is 44.7 Å². The summed E-state index contributed by atoms with van der Waals surface area (Å²) in [6.07, 6.45) is 1.78. The molecule has 0 amide bonds. The van der Waals surface area contributed by atoms with Gasteiger partial charge in [0, 0.05) is 9.89 Å². The van der Waals surface area contributed by atoms with Gasteiger partial charge >= 0.3 is 0 Å². The second kappa shape index (κ2) is 8.55. The maximum absolute atomic E-state index is 13.4. The molecule has 0 fully saturated rings. The summed E-state index contributed by atoms with van der Waals surface area (Å²) in [4.78, 5) is 26.5. The van der Waals surface area contributed by atoms with Crippen molar-refractivity contribution in [3.05, 3.63) is 83.7 Å². The van der Waals surface area contributed by atoms with Gasteiger partial charge < -0.3 is 0 Å². The molecule has 0 aliphatic carbocycles. The zero-order valence-electron chi connectivity index (χ0n) is 17.2. The molecule has 0 aliphatic heterocycles. The molecule has 1 heterocycles. The number of hydrogen-bond acceptors (Lipinski definition) is 4. The van der Waals surface area contributed by atoms with E-state index in [1.54, 1.807) is 26.8 Å². The van der Waals surface area contributed by atoms with Gasteiger partial charge in [-0.15, -0.1) is 11.3 Å². The van der Waals surface area contributed by atoms with Crippen LogP contribution in [0.5, 0.6) is 0 Å². The van der Waals surface area contributed by atoms with Gasteiger partial charge in [-0.05, 0) is 36.3 Å². The molecule has 0 saturated heterocycles. The number of thiazole rings is 1. The molecule has 1 aromatic heterocycles. The fourth-order valence-corrected chi connectivity index (χ4v) is 4.47. The van der Waals surface area contributed by atoms with Crippen molar-refractivity contribution in [1.82, 2.24) is 4.57 Å². The lowest BCUT2D eigenvalue weighted by Gasteiger charge is -2.15. The number of rotatable bonds is 3. The number of para-hydroxylation sites is 1. The van der Waals surface area contributed by atoms with Crippen LogP contribution in [0.4, 0.5) is 0 Å². The van der Waals surface area contributed by atoms with Crippen LogP contribution < -0.4 is 14.8 Å². The first-order valence-corrected chi connectivity index (χ1v) is 11.0. The molecular weight excluding hydrogens is 460 g/mol. The third kappa shape index (κ3) is 4.23. The number of Topliss-reactive ketones (excluding diaryl/α,β-unsaturated/α-hetero) is 1. The number of benzene rings is 2. The maximum Gasteiger partial charge on any atom is 0.273 e. The van der Waals surface area contributed by atoms with E-state index >= 15 is 0 Å². The van der Waals surface area contributed by atoms with Crippen molar-refractivity contribution in [2.45, 2.75) is 27.7 Å². The largest absolute Gasteiger partial charge is 0.293 e. The molecule has 0 radical (unpaired) electrons. The van der Waals surface area contributed by atoms with Crippen LogP contribution >= 0.6 is 27.3 Å². The topological polar surface area (TPSA) is 62.9 Å². The first-order chi connectivity index (χ1) is 14.1. The standard InChI is InChI=1S/C24H21BrN2O2S/c1-15-9-5-8-12-19(15)27-22(29)20(13-16-10-6-7-11-18(16)25)30-23(27)17(14-26)21(28)24(2,3)4/h5-13H,1-4H3/b20-13+,23-17-. The summed E-state index contributed by atoms with van der Waals surface area (Å²) in [6.45, 7) is 7.21. The smallest absolute Gasteiger partial charge is 0.273 e. The van der Waals surface area contributed by atoms with Crippen LogP contribution in [-0.2, 0) is 4.79 Å². The summed E-state index contributed by atoms with van der Waals surface area (Å²) in [5.74, 6) is -0.291. The fourth-order valence-electron chi connectivity index (χ4n) is 2.99. The Bertz CT molecular complexity index is 1350. The van der Waals surface area contributed by atoms with Crippen molar-refractivity contribution in [3.63, 3.8) is 0 Å². The van der Waals surface area contributed by atoms with Gasteiger partial charge in [-0.3, -0.25) is 14.2 Å². The molecule has 30 heavy (non-hydrogen) atoms. The van der Waals surface area contributed by atoms with E-state index in [0.29, 0.717) is 14.9 Å². The third-order valence-corrected chi connectivity index (χ3v) is 6.42. The summed E-state index contributed by atoms with van der Waals surface area (Å²) in [5.41, 5.74) is 1.39. The summed E-state index contributed by atoms with van der Waals surface area (Å²) in [5, 5.41) is 9.85. The lowest BCUT2D eigenvalue weighted by Crippen LogP contribution is -2.33. The van der Waals surface area contributed by atoms with Gasteiger partial charge in [0.1, 0.15) is 16.3 Å². The SMILES string of the molecule is Cc1ccccc1-n1c(=O)/c(=C\c2ccccc2Br)s/c1=C(/C#N)C(=O)C(C)(C)C. The Labute approximate surface area is 187 Å². The highest BCUT2D eigenvalue weighted by atomic mass is 79.9. The summed E-state index contributed by atoms with van der Waals surface area (Å²) >= 11 is 4.67. The first kappa shape index (κ1) is 21.9. The molecule has 2 aromatic carbocycles. The van der Waals surface area contributed by atoms with Crippen LogP contribution in [0.1, 0.15) is 31.9 Å².